The number of amides is 1. The molecule has 0 saturated carbocycles. The van der Waals surface area contributed by atoms with Crippen LogP contribution in [0.15, 0.2) is 52.2 Å². The molecule has 1 amide bonds. The van der Waals surface area contributed by atoms with Crippen LogP contribution in [0.4, 0.5) is 0 Å². The molecule has 8 heteroatoms. The second kappa shape index (κ2) is 7.67. The molecule has 0 fully saturated rings. The molecule has 7 nitrogen and oxygen atoms in total. The Morgan fingerprint density at radius 3 is 2.83 bits per heavy atom. The lowest BCUT2D eigenvalue weighted by atomic mass is 9.99. The van der Waals surface area contributed by atoms with Gasteiger partial charge in [0.2, 0.25) is 5.91 Å². The summed E-state index contributed by atoms with van der Waals surface area (Å²) in [5, 5.41) is 17.7. The Balaban J connectivity index is 1.74. The lowest BCUT2D eigenvalue weighted by Gasteiger charge is -2.23. The number of nitrogens with zero attached hydrogens (tertiary/aromatic N) is 3. The maximum atomic E-state index is 12.7. The number of carbonyl (C=O) groups excluding carboxylic acids is 2. The van der Waals surface area contributed by atoms with Crippen molar-refractivity contribution in [3.63, 3.8) is 0 Å². The van der Waals surface area contributed by atoms with E-state index in [4.69, 9.17) is 16.0 Å². The molecule has 3 heterocycles. The summed E-state index contributed by atoms with van der Waals surface area (Å²) in [4.78, 5) is 28.0. The number of rotatable bonds is 5. The topological polar surface area (TPSA) is 98.8 Å². The highest BCUT2D eigenvalue weighted by Gasteiger charge is 2.35. The van der Waals surface area contributed by atoms with Crippen LogP contribution in [0.2, 0.25) is 5.15 Å². The number of hydrogen-bond donors (Lipinski definition) is 0. The minimum Gasteiger partial charge on any atom is -0.550 e. The van der Waals surface area contributed by atoms with Gasteiger partial charge in [-0.25, -0.2) is 9.99 Å². The monoisotopic (exact) mass is 410 g/mol. The first-order valence-corrected chi connectivity index (χ1v) is 9.51. The molecular formula is C21H17ClN3O4-. The molecule has 1 atom stereocenters. The molecule has 148 valence electrons. The van der Waals surface area contributed by atoms with Gasteiger partial charge in [0.05, 0.1) is 17.8 Å². The molecule has 1 aromatic carbocycles. The molecule has 0 unspecified atom stereocenters. The van der Waals surface area contributed by atoms with Gasteiger partial charge >= 0.3 is 0 Å². The van der Waals surface area contributed by atoms with Gasteiger partial charge in [-0.05, 0) is 37.1 Å². The van der Waals surface area contributed by atoms with E-state index in [-0.39, 0.29) is 18.0 Å². The molecular weight excluding hydrogens is 394 g/mol. The van der Waals surface area contributed by atoms with Crippen molar-refractivity contribution >= 4 is 40.1 Å². The van der Waals surface area contributed by atoms with Crippen molar-refractivity contribution in [2.75, 3.05) is 0 Å². The van der Waals surface area contributed by atoms with E-state index in [2.05, 4.69) is 10.1 Å². The van der Waals surface area contributed by atoms with Crippen molar-refractivity contribution in [3.8, 4) is 0 Å². The van der Waals surface area contributed by atoms with Crippen LogP contribution in [0, 0.1) is 6.92 Å². The highest BCUT2D eigenvalue weighted by atomic mass is 35.5. The minimum atomic E-state index is -1.29. The molecule has 0 bridgehead atoms. The van der Waals surface area contributed by atoms with Gasteiger partial charge in [-0.3, -0.25) is 4.79 Å². The average Bonchev–Trinajstić information content (AvgIpc) is 3.36. The molecule has 0 N–H and O–H groups in total. The molecule has 29 heavy (non-hydrogen) atoms. The van der Waals surface area contributed by atoms with Crippen LogP contribution >= 0.6 is 11.6 Å². The lowest BCUT2D eigenvalue weighted by Crippen LogP contribution is -2.30. The second-order valence-corrected chi connectivity index (χ2v) is 7.23. The van der Waals surface area contributed by atoms with Crippen LogP contribution in [0.3, 0.4) is 0 Å². The van der Waals surface area contributed by atoms with E-state index in [1.165, 1.54) is 11.3 Å². The standard InChI is InChI=1S/C21H18ClN3O4/c1-12-4-2-5-13-10-14(21(22)23-20(12)13)16-11-15(17-6-3-9-29-17)24-25(16)18(26)7-8-19(27)28/h2-6,9-10,16H,7-8,11H2,1H3,(H,27,28)/p-1/t16-/m1/s1. The van der Waals surface area contributed by atoms with Crippen LogP contribution in [-0.2, 0) is 9.59 Å². The normalized spacial score (nSPS) is 16.3. The van der Waals surface area contributed by atoms with Crippen LogP contribution in [-0.4, -0.2) is 27.6 Å². The van der Waals surface area contributed by atoms with Gasteiger partial charge in [0, 0.05) is 29.8 Å². The molecule has 1 aliphatic rings. The number of fused-ring (bicyclic) bond motifs is 1. The fourth-order valence-corrected chi connectivity index (χ4v) is 3.74. The van der Waals surface area contributed by atoms with Gasteiger partial charge < -0.3 is 14.3 Å². The largest absolute Gasteiger partial charge is 0.550 e. The fourth-order valence-electron chi connectivity index (χ4n) is 3.47. The predicted molar refractivity (Wildman–Crippen MR) is 105 cm³/mol. The summed E-state index contributed by atoms with van der Waals surface area (Å²) in [5.41, 5.74) is 3.03. The summed E-state index contributed by atoms with van der Waals surface area (Å²) < 4.78 is 5.42. The van der Waals surface area contributed by atoms with Crippen LogP contribution < -0.4 is 5.11 Å². The zero-order chi connectivity index (χ0) is 20.5. The van der Waals surface area contributed by atoms with Crippen molar-refractivity contribution < 1.29 is 19.1 Å². The number of carboxylic acid groups (broad SMARTS) is 1. The summed E-state index contributed by atoms with van der Waals surface area (Å²) in [6.45, 7) is 1.95. The predicted octanol–water partition coefficient (Wildman–Crippen LogP) is 3.00. The Kier molecular flexibility index (Phi) is 5.07. The highest BCUT2D eigenvalue weighted by molar-refractivity contribution is 6.30. The number of furan rings is 1. The Morgan fingerprint density at radius 2 is 2.10 bits per heavy atom. The SMILES string of the molecule is Cc1cccc2cc([C@H]3CC(c4ccco4)=NN3C(=O)CCC(=O)[O-])c(Cl)nc12. The smallest absolute Gasteiger partial charge is 0.243 e. The van der Waals surface area contributed by atoms with Crippen LogP contribution in [0.1, 0.15) is 42.2 Å². The van der Waals surface area contributed by atoms with Crippen molar-refractivity contribution in [2.24, 2.45) is 5.10 Å². The van der Waals surface area contributed by atoms with Crippen molar-refractivity contribution in [3.05, 3.63) is 64.7 Å². The van der Waals surface area contributed by atoms with Gasteiger partial charge in [-0.15, -0.1) is 0 Å². The number of para-hydroxylation sites is 1. The van der Waals surface area contributed by atoms with E-state index < -0.39 is 17.9 Å². The number of benzene rings is 1. The van der Waals surface area contributed by atoms with E-state index in [9.17, 15) is 14.7 Å². The van der Waals surface area contributed by atoms with Gasteiger partial charge in [0.25, 0.3) is 0 Å². The fraction of sp³-hybridized carbons (Fsp3) is 0.238. The molecule has 3 aromatic rings. The van der Waals surface area contributed by atoms with E-state index in [0.29, 0.717) is 23.5 Å². The van der Waals surface area contributed by atoms with Gasteiger partial charge in [-0.2, -0.15) is 5.10 Å². The van der Waals surface area contributed by atoms with Crippen molar-refractivity contribution in [1.29, 1.82) is 0 Å². The number of pyridine rings is 1. The number of carbonyl (C=O) groups is 2. The third kappa shape index (κ3) is 3.73. The maximum Gasteiger partial charge on any atom is 0.243 e. The summed E-state index contributed by atoms with van der Waals surface area (Å²) in [7, 11) is 0. The molecule has 4 rings (SSSR count). The van der Waals surface area contributed by atoms with E-state index >= 15 is 0 Å². The summed E-state index contributed by atoms with van der Waals surface area (Å²) in [5.74, 6) is -1.17. The first kappa shape index (κ1) is 19.1. The molecule has 1 aliphatic heterocycles. The van der Waals surface area contributed by atoms with Gasteiger partial charge in [0.1, 0.15) is 16.6 Å². The lowest BCUT2D eigenvalue weighted by molar-refractivity contribution is -0.305. The minimum absolute atomic E-state index is 0.217. The third-order valence-corrected chi connectivity index (χ3v) is 5.20. The highest BCUT2D eigenvalue weighted by Crippen LogP contribution is 2.38. The first-order valence-electron chi connectivity index (χ1n) is 9.13. The third-order valence-electron chi connectivity index (χ3n) is 4.90. The Labute approximate surface area is 171 Å². The number of hydrazone groups is 1. The molecule has 0 radical (unpaired) electrons. The average molecular weight is 411 g/mol. The number of aromatic nitrogens is 1. The van der Waals surface area contributed by atoms with Crippen LogP contribution in [0.5, 0.6) is 0 Å². The Hall–Kier alpha value is -3.19. The van der Waals surface area contributed by atoms with Crippen molar-refractivity contribution in [1.82, 2.24) is 9.99 Å². The molecule has 0 saturated heterocycles. The number of carboxylic acids is 1. The number of aryl methyl sites for hydroxylation is 1. The number of aliphatic carboxylic acids is 1. The van der Waals surface area contributed by atoms with Crippen molar-refractivity contribution in [2.45, 2.75) is 32.2 Å². The molecule has 0 spiro atoms. The zero-order valence-corrected chi connectivity index (χ0v) is 16.3. The second-order valence-electron chi connectivity index (χ2n) is 6.87. The van der Waals surface area contributed by atoms with Gasteiger partial charge in [-0.1, -0.05) is 29.8 Å². The Morgan fingerprint density at radius 1 is 1.28 bits per heavy atom. The quantitative estimate of drug-likeness (QED) is 0.602. The van der Waals surface area contributed by atoms with Gasteiger partial charge in [0.15, 0.2) is 0 Å². The van der Waals surface area contributed by atoms with E-state index in [1.807, 2.05) is 31.2 Å². The van der Waals surface area contributed by atoms with E-state index in [1.54, 1.807) is 12.1 Å². The van der Waals surface area contributed by atoms with E-state index in [0.717, 1.165) is 16.5 Å². The number of hydrogen-bond acceptors (Lipinski definition) is 6. The summed E-state index contributed by atoms with van der Waals surface area (Å²) in [6, 6.07) is 10.7. The molecule has 0 aliphatic carbocycles. The maximum absolute atomic E-state index is 12.7. The molecule has 2 aromatic heterocycles. The first-order chi connectivity index (χ1) is 13.9. The summed E-state index contributed by atoms with van der Waals surface area (Å²) >= 11 is 6.50. The number of halogens is 1. The zero-order valence-electron chi connectivity index (χ0n) is 15.6. The summed E-state index contributed by atoms with van der Waals surface area (Å²) in [6.07, 6.45) is 1.31. The Bertz CT molecular complexity index is 1120. The van der Waals surface area contributed by atoms with Crippen LogP contribution in [0.25, 0.3) is 10.9 Å².